The number of halogens is 1. The average molecular weight is 390 g/mol. The van der Waals surface area contributed by atoms with Gasteiger partial charge in [-0.1, -0.05) is 66.2 Å². The molecule has 28 heavy (non-hydrogen) atoms. The minimum atomic E-state index is -0.177. The summed E-state index contributed by atoms with van der Waals surface area (Å²) in [6, 6.07) is 24.1. The zero-order valence-corrected chi connectivity index (χ0v) is 16.2. The molecule has 1 heterocycles. The van der Waals surface area contributed by atoms with Crippen molar-refractivity contribution in [3.63, 3.8) is 0 Å². The van der Waals surface area contributed by atoms with Crippen LogP contribution >= 0.6 is 11.6 Å². The van der Waals surface area contributed by atoms with Crippen molar-refractivity contribution in [3.05, 3.63) is 99.6 Å². The predicted molar refractivity (Wildman–Crippen MR) is 115 cm³/mol. The van der Waals surface area contributed by atoms with Gasteiger partial charge in [0.1, 0.15) is 5.82 Å². The van der Waals surface area contributed by atoms with E-state index in [9.17, 15) is 4.79 Å². The highest BCUT2D eigenvalue weighted by Gasteiger charge is 2.08. The Balaban J connectivity index is 1.47. The van der Waals surface area contributed by atoms with Crippen LogP contribution in [0.2, 0.25) is 5.02 Å². The highest BCUT2D eigenvalue weighted by molar-refractivity contribution is 6.31. The fourth-order valence-electron chi connectivity index (χ4n) is 3.21. The van der Waals surface area contributed by atoms with E-state index in [4.69, 9.17) is 11.6 Å². The van der Waals surface area contributed by atoms with E-state index in [1.165, 1.54) is 16.7 Å². The quantitative estimate of drug-likeness (QED) is 0.499. The summed E-state index contributed by atoms with van der Waals surface area (Å²) in [7, 11) is 0. The molecular formula is C23H20ClN3O. The number of hydrogen-bond acceptors (Lipinski definition) is 3. The molecule has 0 unspecified atom stereocenters. The third kappa shape index (κ3) is 3.98. The van der Waals surface area contributed by atoms with E-state index in [1.54, 1.807) is 18.2 Å². The SMILES string of the molecule is C[C@H](NCc1nc2ccc(Cl)cc2c(=O)[nH]1)c1ccc(-c2ccccc2)cc1. The van der Waals surface area contributed by atoms with Crippen LogP contribution in [0.1, 0.15) is 24.4 Å². The zero-order chi connectivity index (χ0) is 19.5. The molecule has 0 radical (unpaired) electrons. The maximum absolute atomic E-state index is 12.3. The molecule has 0 fully saturated rings. The monoisotopic (exact) mass is 389 g/mol. The lowest BCUT2D eigenvalue weighted by Crippen LogP contribution is -2.22. The lowest BCUT2D eigenvalue weighted by atomic mass is 10.0. The Bertz CT molecular complexity index is 1150. The second-order valence-electron chi connectivity index (χ2n) is 6.76. The summed E-state index contributed by atoms with van der Waals surface area (Å²) in [5, 5.41) is 4.45. The molecule has 4 rings (SSSR count). The second kappa shape index (κ2) is 7.97. The van der Waals surface area contributed by atoms with E-state index < -0.39 is 0 Å². The third-order valence-electron chi connectivity index (χ3n) is 4.81. The van der Waals surface area contributed by atoms with Crippen LogP contribution in [0, 0.1) is 0 Å². The predicted octanol–water partition coefficient (Wildman–Crippen LogP) is 5.09. The lowest BCUT2D eigenvalue weighted by Gasteiger charge is -2.15. The van der Waals surface area contributed by atoms with Gasteiger partial charge in [-0.2, -0.15) is 0 Å². The Labute approximate surface area is 168 Å². The molecule has 5 heteroatoms. The number of aromatic nitrogens is 2. The van der Waals surface area contributed by atoms with Crippen LogP contribution in [0.5, 0.6) is 0 Å². The van der Waals surface area contributed by atoms with Gasteiger partial charge in [-0.15, -0.1) is 0 Å². The van der Waals surface area contributed by atoms with Gasteiger partial charge < -0.3 is 10.3 Å². The molecular weight excluding hydrogens is 370 g/mol. The first kappa shape index (κ1) is 18.4. The van der Waals surface area contributed by atoms with E-state index in [0.29, 0.717) is 28.3 Å². The lowest BCUT2D eigenvalue weighted by molar-refractivity contribution is 0.559. The largest absolute Gasteiger partial charge is 0.309 e. The van der Waals surface area contributed by atoms with Crippen LogP contribution in [0.4, 0.5) is 0 Å². The first-order chi connectivity index (χ1) is 13.6. The van der Waals surface area contributed by atoms with Gasteiger partial charge in [0, 0.05) is 11.1 Å². The highest BCUT2D eigenvalue weighted by atomic mass is 35.5. The van der Waals surface area contributed by atoms with Gasteiger partial charge in [-0.05, 0) is 41.8 Å². The minimum absolute atomic E-state index is 0.121. The van der Waals surface area contributed by atoms with Crippen LogP contribution in [-0.2, 0) is 6.54 Å². The van der Waals surface area contributed by atoms with Crippen molar-refractivity contribution in [1.29, 1.82) is 0 Å². The van der Waals surface area contributed by atoms with Crippen LogP contribution in [-0.4, -0.2) is 9.97 Å². The number of aromatic amines is 1. The summed E-state index contributed by atoms with van der Waals surface area (Å²) >= 11 is 5.96. The molecule has 0 saturated heterocycles. The molecule has 4 nitrogen and oxygen atoms in total. The fourth-order valence-corrected chi connectivity index (χ4v) is 3.38. The van der Waals surface area contributed by atoms with Crippen molar-refractivity contribution >= 4 is 22.5 Å². The number of benzene rings is 3. The highest BCUT2D eigenvalue weighted by Crippen LogP contribution is 2.22. The third-order valence-corrected chi connectivity index (χ3v) is 5.05. The summed E-state index contributed by atoms with van der Waals surface area (Å²) in [5.74, 6) is 0.604. The number of H-pyrrole nitrogens is 1. The number of nitrogens with one attached hydrogen (secondary N) is 2. The second-order valence-corrected chi connectivity index (χ2v) is 7.20. The maximum atomic E-state index is 12.3. The van der Waals surface area contributed by atoms with Gasteiger partial charge in [-0.25, -0.2) is 4.98 Å². The molecule has 0 bridgehead atoms. The molecule has 0 spiro atoms. The molecule has 2 N–H and O–H groups in total. The Hall–Kier alpha value is -2.95. The standard InChI is InChI=1S/C23H20ClN3O/c1-15(16-7-9-18(10-8-16)17-5-3-2-4-6-17)25-14-22-26-21-12-11-19(24)13-20(21)23(28)27-22/h2-13,15,25H,14H2,1H3,(H,26,27,28)/t15-/m0/s1. The smallest absolute Gasteiger partial charge is 0.258 e. The Morgan fingerprint density at radius 2 is 1.71 bits per heavy atom. The van der Waals surface area contributed by atoms with E-state index in [1.807, 2.05) is 18.2 Å². The molecule has 140 valence electrons. The Kier molecular flexibility index (Phi) is 5.24. The molecule has 3 aromatic carbocycles. The van der Waals surface area contributed by atoms with Gasteiger partial charge in [0.05, 0.1) is 17.4 Å². The van der Waals surface area contributed by atoms with E-state index in [0.717, 1.165) is 0 Å². The molecule has 0 saturated carbocycles. The van der Waals surface area contributed by atoms with Crippen molar-refractivity contribution in [2.75, 3.05) is 0 Å². The van der Waals surface area contributed by atoms with Crippen LogP contribution in [0.3, 0.4) is 0 Å². The Morgan fingerprint density at radius 1 is 1.00 bits per heavy atom. The van der Waals surface area contributed by atoms with Crippen molar-refractivity contribution in [3.8, 4) is 11.1 Å². The number of rotatable bonds is 5. The summed E-state index contributed by atoms with van der Waals surface area (Å²) < 4.78 is 0. The van der Waals surface area contributed by atoms with E-state index in [-0.39, 0.29) is 11.6 Å². The average Bonchev–Trinajstić information content (AvgIpc) is 2.73. The maximum Gasteiger partial charge on any atom is 0.258 e. The summed E-state index contributed by atoms with van der Waals surface area (Å²) in [4.78, 5) is 19.6. The molecule has 1 atom stereocenters. The summed E-state index contributed by atoms with van der Waals surface area (Å²) in [5.41, 5.74) is 4.03. The first-order valence-electron chi connectivity index (χ1n) is 9.17. The molecule has 1 aromatic heterocycles. The van der Waals surface area contributed by atoms with Gasteiger partial charge in [-0.3, -0.25) is 4.79 Å². The first-order valence-corrected chi connectivity index (χ1v) is 9.55. The van der Waals surface area contributed by atoms with E-state index >= 15 is 0 Å². The fraction of sp³-hybridized carbons (Fsp3) is 0.130. The van der Waals surface area contributed by atoms with Gasteiger partial charge >= 0.3 is 0 Å². The van der Waals surface area contributed by atoms with Gasteiger partial charge in [0.2, 0.25) is 0 Å². The number of nitrogens with zero attached hydrogens (tertiary/aromatic N) is 1. The van der Waals surface area contributed by atoms with Crippen LogP contribution in [0.25, 0.3) is 22.0 Å². The van der Waals surface area contributed by atoms with Crippen molar-refractivity contribution in [1.82, 2.24) is 15.3 Å². The van der Waals surface area contributed by atoms with Crippen molar-refractivity contribution in [2.45, 2.75) is 19.5 Å². The molecule has 0 amide bonds. The summed E-state index contributed by atoms with van der Waals surface area (Å²) in [6.07, 6.45) is 0. The van der Waals surface area contributed by atoms with Crippen LogP contribution < -0.4 is 10.9 Å². The van der Waals surface area contributed by atoms with Crippen LogP contribution in [0.15, 0.2) is 77.6 Å². The van der Waals surface area contributed by atoms with Gasteiger partial charge in [0.25, 0.3) is 5.56 Å². The number of fused-ring (bicyclic) bond motifs is 1. The van der Waals surface area contributed by atoms with Crippen molar-refractivity contribution in [2.24, 2.45) is 0 Å². The molecule has 0 aliphatic heterocycles. The zero-order valence-electron chi connectivity index (χ0n) is 15.4. The topological polar surface area (TPSA) is 57.8 Å². The number of hydrogen-bond donors (Lipinski definition) is 2. The molecule has 0 aliphatic rings. The molecule has 0 aliphatic carbocycles. The molecule has 4 aromatic rings. The van der Waals surface area contributed by atoms with E-state index in [2.05, 4.69) is 58.6 Å². The normalized spacial score (nSPS) is 12.2. The summed E-state index contributed by atoms with van der Waals surface area (Å²) in [6.45, 7) is 2.56. The minimum Gasteiger partial charge on any atom is -0.309 e. The van der Waals surface area contributed by atoms with Gasteiger partial charge in [0.15, 0.2) is 0 Å². The van der Waals surface area contributed by atoms with Crippen molar-refractivity contribution < 1.29 is 0 Å². The Morgan fingerprint density at radius 3 is 2.46 bits per heavy atom.